The lowest BCUT2D eigenvalue weighted by atomic mass is 10.2. The Labute approximate surface area is 124 Å². The molecule has 0 saturated heterocycles. The molecule has 4 heteroatoms. The number of carbonyl (C=O) groups excluding carboxylic acids is 1. The van der Waals surface area contributed by atoms with E-state index in [9.17, 15) is 4.79 Å². The van der Waals surface area contributed by atoms with Crippen LogP contribution < -0.4 is 11.1 Å². The number of hydrogen-bond acceptors (Lipinski definition) is 3. The Hall–Kier alpha value is -2.59. The van der Waals surface area contributed by atoms with E-state index in [1.165, 1.54) is 6.08 Å². The summed E-state index contributed by atoms with van der Waals surface area (Å²) in [6, 6.07) is 14.9. The normalized spacial score (nSPS) is 10.7. The number of nitrogens with one attached hydrogen (secondary N) is 1. The lowest BCUT2D eigenvalue weighted by Crippen LogP contribution is -2.08. The molecule has 0 spiro atoms. The third-order valence-corrected chi connectivity index (χ3v) is 2.84. The molecule has 2 aromatic rings. The molecule has 0 atom stereocenters. The molecule has 0 radical (unpaired) electrons. The molecule has 0 fully saturated rings. The average molecular weight is 282 g/mol. The maximum atomic E-state index is 11.9. The van der Waals surface area contributed by atoms with E-state index in [-0.39, 0.29) is 5.91 Å². The molecule has 2 aromatic carbocycles. The van der Waals surface area contributed by atoms with Gasteiger partial charge in [-0.1, -0.05) is 24.3 Å². The maximum Gasteiger partial charge on any atom is 0.248 e. The van der Waals surface area contributed by atoms with Crippen LogP contribution in [0.25, 0.3) is 6.08 Å². The standard InChI is InChI=1S/C17H18N2O2/c1-21-12-14-5-3-7-16(11-14)19-17(20)9-8-13-4-2-6-15(18)10-13/h2-11H,12,18H2,1H3,(H,19,20)/b9-8+. The fraction of sp³-hybridized carbons (Fsp3) is 0.118. The van der Waals surface area contributed by atoms with Crippen LogP contribution in [0.15, 0.2) is 54.6 Å². The molecule has 2 rings (SSSR count). The topological polar surface area (TPSA) is 64.3 Å². The SMILES string of the molecule is COCc1cccc(NC(=O)/C=C/c2cccc(N)c2)c1. The smallest absolute Gasteiger partial charge is 0.248 e. The van der Waals surface area contributed by atoms with Crippen molar-refractivity contribution < 1.29 is 9.53 Å². The monoisotopic (exact) mass is 282 g/mol. The minimum Gasteiger partial charge on any atom is -0.399 e. The number of nitrogens with two attached hydrogens (primary N) is 1. The average Bonchev–Trinajstić information content (AvgIpc) is 2.46. The highest BCUT2D eigenvalue weighted by atomic mass is 16.5. The van der Waals surface area contributed by atoms with Crippen LogP contribution >= 0.6 is 0 Å². The van der Waals surface area contributed by atoms with Gasteiger partial charge in [0.2, 0.25) is 5.91 Å². The molecule has 0 bridgehead atoms. The molecule has 0 aliphatic carbocycles. The summed E-state index contributed by atoms with van der Waals surface area (Å²) in [5.74, 6) is -0.188. The Balaban J connectivity index is 1.99. The van der Waals surface area contributed by atoms with Gasteiger partial charge in [-0.05, 0) is 41.5 Å². The lowest BCUT2D eigenvalue weighted by molar-refractivity contribution is -0.111. The molecule has 0 aliphatic rings. The second-order valence-corrected chi connectivity index (χ2v) is 4.63. The van der Waals surface area contributed by atoms with Crippen molar-refractivity contribution in [3.8, 4) is 0 Å². The minimum absolute atomic E-state index is 0.188. The van der Waals surface area contributed by atoms with Crippen LogP contribution in [-0.4, -0.2) is 13.0 Å². The third-order valence-electron chi connectivity index (χ3n) is 2.84. The van der Waals surface area contributed by atoms with Crippen molar-refractivity contribution in [2.24, 2.45) is 0 Å². The van der Waals surface area contributed by atoms with E-state index >= 15 is 0 Å². The van der Waals surface area contributed by atoms with Crippen LogP contribution in [0, 0.1) is 0 Å². The van der Waals surface area contributed by atoms with Crippen molar-refractivity contribution in [2.45, 2.75) is 6.61 Å². The van der Waals surface area contributed by atoms with E-state index in [1.54, 1.807) is 19.3 Å². The zero-order chi connectivity index (χ0) is 15.1. The highest BCUT2D eigenvalue weighted by molar-refractivity contribution is 6.02. The van der Waals surface area contributed by atoms with E-state index in [0.29, 0.717) is 12.3 Å². The first-order valence-electron chi connectivity index (χ1n) is 6.60. The molecule has 21 heavy (non-hydrogen) atoms. The summed E-state index contributed by atoms with van der Waals surface area (Å²) < 4.78 is 5.07. The number of amides is 1. The van der Waals surface area contributed by atoms with Gasteiger partial charge in [0.05, 0.1) is 6.61 Å². The number of hydrogen-bond donors (Lipinski definition) is 2. The summed E-state index contributed by atoms with van der Waals surface area (Å²) in [7, 11) is 1.64. The van der Waals surface area contributed by atoms with Gasteiger partial charge in [0, 0.05) is 24.6 Å². The van der Waals surface area contributed by atoms with Crippen LogP contribution in [0.3, 0.4) is 0 Å². The molecule has 0 aliphatic heterocycles. The Kier molecular flexibility index (Phi) is 5.12. The Morgan fingerprint density at radius 1 is 1.24 bits per heavy atom. The molecular weight excluding hydrogens is 264 g/mol. The van der Waals surface area contributed by atoms with Gasteiger partial charge in [-0.25, -0.2) is 0 Å². The zero-order valence-corrected chi connectivity index (χ0v) is 11.9. The number of rotatable bonds is 5. The largest absolute Gasteiger partial charge is 0.399 e. The second-order valence-electron chi connectivity index (χ2n) is 4.63. The van der Waals surface area contributed by atoms with Gasteiger partial charge in [0.25, 0.3) is 0 Å². The number of carbonyl (C=O) groups is 1. The van der Waals surface area contributed by atoms with Crippen LogP contribution in [0.4, 0.5) is 11.4 Å². The van der Waals surface area contributed by atoms with Crippen LogP contribution in [0.1, 0.15) is 11.1 Å². The van der Waals surface area contributed by atoms with Crippen LogP contribution in [0.5, 0.6) is 0 Å². The molecule has 0 saturated carbocycles. The lowest BCUT2D eigenvalue weighted by Gasteiger charge is -2.05. The van der Waals surface area contributed by atoms with Crippen molar-refractivity contribution >= 4 is 23.4 Å². The summed E-state index contributed by atoms with van der Waals surface area (Å²) in [4.78, 5) is 11.9. The van der Waals surface area contributed by atoms with Gasteiger partial charge in [0.15, 0.2) is 0 Å². The molecular formula is C17H18N2O2. The van der Waals surface area contributed by atoms with Gasteiger partial charge < -0.3 is 15.8 Å². The van der Waals surface area contributed by atoms with Crippen molar-refractivity contribution in [2.75, 3.05) is 18.2 Å². The Morgan fingerprint density at radius 3 is 2.81 bits per heavy atom. The maximum absolute atomic E-state index is 11.9. The highest BCUT2D eigenvalue weighted by Crippen LogP contribution is 2.12. The van der Waals surface area contributed by atoms with E-state index in [1.807, 2.05) is 42.5 Å². The predicted molar refractivity (Wildman–Crippen MR) is 85.7 cm³/mol. The number of nitrogen functional groups attached to an aromatic ring is 1. The van der Waals surface area contributed by atoms with E-state index in [4.69, 9.17) is 10.5 Å². The summed E-state index contributed by atoms with van der Waals surface area (Å²) in [6.45, 7) is 0.517. The van der Waals surface area contributed by atoms with Crippen molar-refractivity contribution in [3.63, 3.8) is 0 Å². The first-order valence-corrected chi connectivity index (χ1v) is 6.60. The molecule has 3 N–H and O–H groups in total. The minimum atomic E-state index is -0.188. The molecule has 0 heterocycles. The van der Waals surface area contributed by atoms with E-state index in [2.05, 4.69) is 5.32 Å². The van der Waals surface area contributed by atoms with Crippen molar-refractivity contribution in [1.29, 1.82) is 0 Å². The first kappa shape index (κ1) is 14.8. The van der Waals surface area contributed by atoms with Crippen LogP contribution in [0.2, 0.25) is 0 Å². The quantitative estimate of drug-likeness (QED) is 0.654. The van der Waals surface area contributed by atoms with Gasteiger partial charge in [-0.15, -0.1) is 0 Å². The summed E-state index contributed by atoms with van der Waals surface area (Å²) in [5.41, 5.74) is 9.00. The molecule has 0 unspecified atom stereocenters. The van der Waals surface area contributed by atoms with Crippen LogP contribution in [-0.2, 0) is 16.1 Å². The first-order chi connectivity index (χ1) is 10.2. The second kappa shape index (κ2) is 7.26. The number of benzene rings is 2. The van der Waals surface area contributed by atoms with E-state index in [0.717, 1.165) is 16.8 Å². The third kappa shape index (κ3) is 4.78. The number of methoxy groups -OCH3 is 1. The fourth-order valence-corrected chi connectivity index (χ4v) is 1.92. The molecule has 108 valence electrons. The predicted octanol–water partition coefficient (Wildman–Crippen LogP) is 3.07. The Morgan fingerprint density at radius 2 is 2.05 bits per heavy atom. The summed E-state index contributed by atoms with van der Waals surface area (Å²) >= 11 is 0. The molecule has 4 nitrogen and oxygen atoms in total. The summed E-state index contributed by atoms with van der Waals surface area (Å²) in [5, 5.41) is 2.81. The van der Waals surface area contributed by atoms with Crippen molar-refractivity contribution in [1.82, 2.24) is 0 Å². The van der Waals surface area contributed by atoms with Gasteiger partial charge >= 0.3 is 0 Å². The fourth-order valence-electron chi connectivity index (χ4n) is 1.92. The van der Waals surface area contributed by atoms with Gasteiger partial charge in [0.1, 0.15) is 0 Å². The zero-order valence-electron chi connectivity index (χ0n) is 11.9. The van der Waals surface area contributed by atoms with Gasteiger partial charge in [-0.3, -0.25) is 4.79 Å². The van der Waals surface area contributed by atoms with Crippen molar-refractivity contribution in [3.05, 3.63) is 65.7 Å². The Bertz CT molecular complexity index is 651. The summed E-state index contributed by atoms with van der Waals surface area (Å²) in [6.07, 6.45) is 3.21. The molecule has 0 aromatic heterocycles. The number of ether oxygens (including phenoxy) is 1. The van der Waals surface area contributed by atoms with Gasteiger partial charge in [-0.2, -0.15) is 0 Å². The molecule has 1 amide bonds. The highest BCUT2D eigenvalue weighted by Gasteiger charge is 1.99. The van der Waals surface area contributed by atoms with E-state index < -0.39 is 0 Å². The number of anilines is 2.